The van der Waals surface area contributed by atoms with Crippen LogP contribution in [0.2, 0.25) is 0 Å². The van der Waals surface area contributed by atoms with Crippen molar-refractivity contribution in [3.8, 4) is 0 Å². The van der Waals surface area contributed by atoms with Crippen molar-refractivity contribution < 1.29 is 22.0 Å². The summed E-state index contributed by atoms with van der Waals surface area (Å²) in [5.74, 6) is 0. The van der Waals surface area contributed by atoms with E-state index in [9.17, 15) is 22.0 Å². The minimum absolute atomic E-state index is 0.532. The van der Waals surface area contributed by atoms with Crippen molar-refractivity contribution in [1.29, 1.82) is 0 Å². The molecule has 0 radical (unpaired) electrons. The maximum Gasteiger partial charge on any atom is 0.401 e. The van der Waals surface area contributed by atoms with Crippen LogP contribution in [0.25, 0.3) is 0 Å². The summed E-state index contributed by atoms with van der Waals surface area (Å²) in [4.78, 5) is 0.532. The smallest absolute Gasteiger partial charge is 0.292 e. The Hall–Kier alpha value is -0.390. The normalized spacial score (nSPS) is 13.1. The fourth-order valence-corrected chi connectivity index (χ4v) is 0.606. The number of rotatable bonds is 3. The van der Waals surface area contributed by atoms with Gasteiger partial charge in [0, 0.05) is 0 Å². The lowest BCUT2D eigenvalue weighted by Gasteiger charge is -2.17. The summed E-state index contributed by atoms with van der Waals surface area (Å²) >= 11 is 0. The molecule has 0 aromatic heterocycles. The molecular weight excluding hydrogens is 169 g/mol. The van der Waals surface area contributed by atoms with Crippen molar-refractivity contribution in [2.24, 2.45) is 0 Å². The highest BCUT2D eigenvalue weighted by Crippen LogP contribution is 2.15. The SMILES string of the molecule is CN(CC(F)F)CC(F)(F)F. The molecular formula is C5H8F5N. The van der Waals surface area contributed by atoms with E-state index in [0.717, 1.165) is 7.05 Å². The van der Waals surface area contributed by atoms with Gasteiger partial charge in [-0.1, -0.05) is 0 Å². The van der Waals surface area contributed by atoms with Gasteiger partial charge >= 0.3 is 6.18 Å². The zero-order valence-corrected chi connectivity index (χ0v) is 5.83. The molecule has 6 heteroatoms. The van der Waals surface area contributed by atoms with Gasteiger partial charge in [0.25, 0.3) is 6.43 Å². The van der Waals surface area contributed by atoms with Crippen molar-refractivity contribution in [1.82, 2.24) is 4.90 Å². The van der Waals surface area contributed by atoms with E-state index < -0.39 is 25.7 Å². The van der Waals surface area contributed by atoms with Crippen molar-refractivity contribution >= 4 is 0 Å². The highest BCUT2D eigenvalue weighted by molar-refractivity contribution is 4.58. The van der Waals surface area contributed by atoms with E-state index in [-0.39, 0.29) is 0 Å². The third-order valence-corrected chi connectivity index (χ3v) is 0.899. The van der Waals surface area contributed by atoms with Gasteiger partial charge in [0.1, 0.15) is 0 Å². The monoisotopic (exact) mass is 177 g/mol. The van der Waals surface area contributed by atoms with E-state index in [1.54, 1.807) is 0 Å². The predicted octanol–water partition coefficient (Wildman–Crippen LogP) is 1.75. The molecule has 0 bridgehead atoms. The van der Waals surface area contributed by atoms with Crippen molar-refractivity contribution in [3.63, 3.8) is 0 Å². The van der Waals surface area contributed by atoms with E-state index >= 15 is 0 Å². The summed E-state index contributed by atoms with van der Waals surface area (Å²) in [6, 6.07) is 0. The average Bonchev–Trinajstić information content (AvgIpc) is 1.53. The van der Waals surface area contributed by atoms with Crippen LogP contribution < -0.4 is 0 Å². The fraction of sp³-hybridized carbons (Fsp3) is 1.00. The summed E-state index contributed by atoms with van der Waals surface area (Å²) in [6.07, 6.45) is -7.12. The Balaban J connectivity index is 3.61. The molecule has 11 heavy (non-hydrogen) atoms. The van der Waals surface area contributed by atoms with E-state index in [0.29, 0.717) is 4.90 Å². The first-order valence-electron chi connectivity index (χ1n) is 2.84. The minimum atomic E-state index is -4.40. The Morgan fingerprint density at radius 1 is 1.27 bits per heavy atom. The minimum Gasteiger partial charge on any atom is -0.292 e. The van der Waals surface area contributed by atoms with Crippen LogP contribution in [-0.2, 0) is 0 Å². The van der Waals surface area contributed by atoms with Crippen LogP contribution in [-0.4, -0.2) is 37.6 Å². The van der Waals surface area contributed by atoms with Gasteiger partial charge in [0.15, 0.2) is 0 Å². The maximum atomic E-state index is 11.5. The highest BCUT2D eigenvalue weighted by atomic mass is 19.4. The quantitative estimate of drug-likeness (QED) is 0.593. The molecule has 1 nitrogen and oxygen atoms in total. The molecule has 0 aromatic carbocycles. The van der Waals surface area contributed by atoms with Crippen molar-refractivity contribution in [2.45, 2.75) is 12.6 Å². The Labute approximate surface area is 60.8 Å². The molecule has 0 aliphatic rings. The second-order valence-electron chi connectivity index (χ2n) is 2.20. The summed E-state index contributed by atoms with van der Waals surface area (Å²) < 4.78 is 57.3. The highest BCUT2D eigenvalue weighted by Gasteiger charge is 2.29. The second-order valence-corrected chi connectivity index (χ2v) is 2.20. The second kappa shape index (κ2) is 3.85. The van der Waals surface area contributed by atoms with Gasteiger partial charge in [-0.15, -0.1) is 0 Å². The van der Waals surface area contributed by atoms with Gasteiger partial charge in [-0.25, -0.2) is 8.78 Å². The number of hydrogen-bond donors (Lipinski definition) is 0. The summed E-state index contributed by atoms with van der Waals surface area (Å²) in [6.45, 7) is -2.14. The van der Waals surface area contributed by atoms with Crippen LogP contribution in [0.4, 0.5) is 22.0 Å². The molecule has 0 aliphatic heterocycles. The molecule has 0 spiro atoms. The molecule has 0 fully saturated rings. The first-order chi connectivity index (χ1) is 4.81. The van der Waals surface area contributed by atoms with Crippen molar-refractivity contribution in [3.05, 3.63) is 0 Å². The van der Waals surface area contributed by atoms with Gasteiger partial charge in [0.2, 0.25) is 0 Å². The zero-order valence-electron chi connectivity index (χ0n) is 5.83. The molecule has 0 aliphatic carbocycles. The summed E-state index contributed by atoms with van der Waals surface area (Å²) in [7, 11) is 1.000. The van der Waals surface area contributed by atoms with Gasteiger partial charge in [-0.2, -0.15) is 13.2 Å². The largest absolute Gasteiger partial charge is 0.401 e. The molecule has 0 saturated heterocycles. The van der Waals surface area contributed by atoms with Crippen LogP contribution in [0.1, 0.15) is 0 Å². The average molecular weight is 177 g/mol. The molecule has 0 heterocycles. The first-order valence-corrected chi connectivity index (χ1v) is 2.84. The van der Waals surface area contributed by atoms with Gasteiger partial charge in [0.05, 0.1) is 13.1 Å². The third kappa shape index (κ3) is 7.51. The lowest BCUT2D eigenvalue weighted by Crippen LogP contribution is -2.34. The van der Waals surface area contributed by atoms with E-state index in [1.807, 2.05) is 0 Å². The molecule has 0 atom stereocenters. The third-order valence-electron chi connectivity index (χ3n) is 0.899. The zero-order chi connectivity index (χ0) is 9.07. The Bertz CT molecular complexity index is 110. The molecule has 0 amide bonds. The fourth-order valence-electron chi connectivity index (χ4n) is 0.606. The van der Waals surface area contributed by atoms with Crippen LogP contribution in [0.15, 0.2) is 0 Å². The predicted molar refractivity (Wildman–Crippen MR) is 29.6 cm³/mol. The lowest BCUT2D eigenvalue weighted by atomic mass is 10.5. The molecule has 0 aromatic rings. The van der Waals surface area contributed by atoms with Crippen LogP contribution in [0.3, 0.4) is 0 Å². The van der Waals surface area contributed by atoms with Crippen LogP contribution >= 0.6 is 0 Å². The maximum absolute atomic E-state index is 11.5. The molecule has 0 N–H and O–H groups in total. The topological polar surface area (TPSA) is 3.24 Å². The van der Waals surface area contributed by atoms with E-state index in [2.05, 4.69) is 0 Å². The first kappa shape index (κ1) is 10.6. The molecule has 0 rings (SSSR count). The van der Waals surface area contributed by atoms with Crippen LogP contribution in [0.5, 0.6) is 0 Å². The number of halogens is 5. The van der Waals surface area contributed by atoms with E-state index in [4.69, 9.17) is 0 Å². The Morgan fingerprint density at radius 3 is 2.00 bits per heavy atom. The standard InChI is InChI=1S/C5H8F5N/c1-11(2-4(6)7)3-5(8,9)10/h4H,2-3H2,1H3. The van der Waals surface area contributed by atoms with Crippen LogP contribution in [0, 0.1) is 0 Å². The summed E-state index contributed by atoms with van der Waals surface area (Å²) in [5.41, 5.74) is 0. The number of alkyl halides is 5. The van der Waals surface area contributed by atoms with Gasteiger partial charge in [-0.3, -0.25) is 4.90 Å². The van der Waals surface area contributed by atoms with E-state index in [1.165, 1.54) is 0 Å². The Kier molecular flexibility index (Phi) is 3.71. The number of hydrogen-bond acceptors (Lipinski definition) is 1. The lowest BCUT2D eigenvalue weighted by molar-refractivity contribution is -0.145. The van der Waals surface area contributed by atoms with Gasteiger partial charge in [-0.05, 0) is 7.05 Å². The van der Waals surface area contributed by atoms with Gasteiger partial charge < -0.3 is 0 Å². The van der Waals surface area contributed by atoms with Crippen molar-refractivity contribution in [2.75, 3.05) is 20.1 Å². The molecule has 68 valence electrons. The molecule has 0 saturated carbocycles. The number of nitrogens with zero attached hydrogens (tertiary/aromatic N) is 1. The molecule has 0 unspecified atom stereocenters. The Morgan fingerprint density at radius 2 is 1.73 bits per heavy atom. The summed E-state index contributed by atoms with van der Waals surface area (Å²) in [5, 5.41) is 0.